The van der Waals surface area contributed by atoms with Crippen molar-refractivity contribution in [2.45, 2.75) is 19.0 Å². The largest absolute Gasteiger partial charge is 0.465 e. The molecule has 0 spiro atoms. The quantitative estimate of drug-likeness (QED) is 0.666. The highest BCUT2D eigenvalue weighted by Crippen LogP contribution is 2.21. The molecule has 5 nitrogen and oxygen atoms in total. The first kappa shape index (κ1) is 9.73. The van der Waals surface area contributed by atoms with Crippen LogP contribution in [0.25, 0.3) is 0 Å². The van der Waals surface area contributed by atoms with Crippen LogP contribution in [0.2, 0.25) is 0 Å². The topological polar surface area (TPSA) is 53.0 Å². The van der Waals surface area contributed by atoms with E-state index < -0.39 is 6.09 Å². The molecule has 0 radical (unpaired) electrons. The monoisotopic (exact) mass is 200 g/mol. The van der Waals surface area contributed by atoms with Crippen molar-refractivity contribution in [2.75, 3.05) is 32.8 Å². The molecule has 0 aromatic rings. The Balaban J connectivity index is 1.97. The van der Waals surface area contributed by atoms with Gasteiger partial charge in [-0.3, -0.25) is 9.80 Å². The molecule has 2 saturated heterocycles. The van der Waals surface area contributed by atoms with E-state index in [4.69, 9.17) is 9.84 Å². The van der Waals surface area contributed by atoms with Crippen LogP contribution in [0.3, 0.4) is 0 Å². The van der Waals surface area contributed by atoms with E-state index in [1.165, 1.54) is 0 Å². The van der Waals surface area contributed by atoms with Crippen molar-refractivity contribution in [3.05, 3.63) is 0 Å². The van der Waals surface area contributed by atoms with Gasteiger partial charge >= 0.3 is 6.09 Å². The summed E-state index contributed by atoms with van der Waals surface area (Å²) in [6.45, 7) is 3.84. The summed E-state index contributed by atoms with van der Waals surface area (Å²) in [5.74, 6) is 0. The van der Waals surface area contributed by atoms with Gasteiger partial charge in [-0.05, 0) is 12.8 Å². The maximum absolute atomic E-state index is 10.9. The predicted octanol–water partition coefficient (Wildman–Crippen LogP) is 0.419. The number of amides is 1. The highest BCUT2D eigenvalue weighted by molar-refractivity contribution is 5.65. The summed E-state index contributed by atoms with van der Waals surface area (Å²) in [7, 11) is 0. The van der Waals surface area contributed by atoms with E-state index in [9.17, 15) is 4.79 Å². The highest BCUT2D eigenvalue weighted by Gasteiger charge is 2.33. The van der Waals surface area contributed by atoms with Crippen LogP contribution in [0.4, 0.5) is 4.79 Å². The second-order valence-electron chi connectivity index (χ2n) is 3.75. The summed E-state index contributed by atoms with van der Waals surface area (Å²) in [6, 6.07) is 0. The summed E-state index contributed by atoms with van der Waals surface area (Å²) in [5.41, 5.74) is 0. The van der Waals surface area contributed by atoms with E-state index in [1.807, 2.05) is 0 Å². The van der Waals surface area contributed by atoms with Crippen LogP contribution in [0.5, 0.6) is 0 Å². The number of hydrogen-bond acceptors (Lipinski definition) is 3. The number of likely N-dealkylation sites (tertiary alicyclic amines) is 1. The SMILES string of the molecule is O=C(O)N1CCCC1N1CCOCC1. The first-order valence-electron chi connectivity index (χ1n) is 5.10. The van der Waals surface area contributed by atoms with Crippen molar-refractivity contribution in [3.8, 4) is 0 Å². The van der Waals surface area contributed by atoms with Gasteiger partial charge in [-0.25, -0.2) is 4.79 Å². The Kier molecular flexibility index (Phi) is 2.88. The zero-order valence-corrected chi connectivity index (χ0v) is 8.19. The molecule has 1 amide bonds. The Morgan fingerprint density at radius 2 is 2.00 bits per heavy atom. The summed E-state index contributed by atoms with van der Waals surface area (Å²) in [6.07, 6.45) is 1.25. The van der Waals surface area contributed by atoms with E-state index in [0.717, 1.165) is 39.1 Å². The molecule has 0 aromatic carbocycles. The van der Waals surface area contributed by atoms with Crippen molar-refractivity contribution in [1.29, 1.82) is 0 Å². The van der Waals surface area contributed by atoms with E-state index in [1.54, 1.807) is 4.90 Å². The molecule has 1 N–H and O–H groups in total. The molecule has 80 valence electrons. The fourth-order valence-corrected chi connectivity index (χ4v) is 2.23. The van der Waals surface area contributed by atoms with Crippen LogP contribution < -0.4 is 0 Å². The third-order valence-electron chi connectivity index (χ3n) is 2.93. The van der Waals surface area contributed by atoms with Gasteiger partial charge in [0.25, 0.3) is 0 Å². The number of carbonyl (C=O) groups is 1. The molecule has 1 unspecified atom stereocenters. The summed E-state index contributed by atoms with van der Waals surface area (Å²) >= 11 is 0. The van der Waals surface area contributed by atoms with Crippen molar-refractivity contribution < 1.29 is 14.6 Å². The lowest BCUT2D eigenvalue weighted by atomic mass is 10.3. The third kappa shape index (κ3) is 1.83. The normalized spacial score (nSPS) is 29.4. The van der Waals surface area contributed by atoms with E-state index >= 15 is 0 Å². The van der Waals surface area contributed by atoms with Crippen LogP contribution in [-0.4, -0.2) is 60.0 Å². The number of ether oxygens (including phenoxy) is 1. The van der Waals surface area contributed by atoms with Crippen molar-refractivity contribution in [3.63, 3.8) is 0 Å². The van der Waals surface area contributed by atoms with Gasteiger partial charge in [0.1, 0.15) is 0 Å². The van der Waals surface area contributed by atoms with Gasteiger partial charge in [-0.15, -0.1) is 0 Å². The number of hydrogen-bond donors (Lipinski definition) is 1. The van der Waals surface area contributed by atoms with Crippen molar-refractivity contribution in [2.24, 2.45) is 0 Å². The zero-order valence-electron chi connectivity index (χ0n) is 8.19. The zero-order chi connectivity index (χ0) is 9.97. The minimum atomic E-state index is -0.793. The summed E-state index contributed by atoms with van der Waals surface area (Å²) < 4.78 is 5.25. The molecule has 5 heteroatoms. The minimum Gasteiger partial charge on any atom is -0.465 e. The molecular formula is C9H16N2O3. The van der Waals surface area contributed by atoms with Gasteiger partial charge in [0.2, 0.25) is 0 Å². The van der Waals surface area contributed by atoms with Crippen LogP contribution in [0.1, 0.15) is 12.8 Å². The van der Waals surface area contributed by atoms with Gasteiger partial charge in [-0.2, -0.15) is 0 Å². The molecule has 0 saturated carbocycles. The third-order valence-corrected chi connectivity index (χ3v) is 2.93. The maximum atomic E-state index is 10.9. The summed E-state index contributed by atoms with van der Waals surface area (Å²) in [4.78, 5) is 14.7. The Labute approximate surface area is 83.2 Å². The fourth-order valence-electron chi connectivity index (χ4n) is 2.23. The number of morpholine rings is 1. The first-order chi connectivity index (χ1) is 6.79. The highest BCUT2D eigenvalue weighted by atomic mass is 16.5. The lowest BCUT2D eigenvalue weighted by Crippen LogP contribution is -2.51. The second-order valence-corrected chi connectivity index (χ2v) is 3.75. The molecule has 2 heterocycles. The molecule has 2 fully saturated rings. The molecule has 2 rings (SSSR count). The molecule has 2 aliphatic rings. The molecule has 14 heavy (non-hydrogen) atoms. The van der Waals surface area contributed by atoms with Gasteiger partial charge in [0, 0.05) is 19.6 Å². The maximum Gasteiger partial charge on any atom is 0.408 e. The molecule has 0 aromatic heterocycles. The Morgan fingerprint density at radius 3 is 2.64 bits per heavy atom. The van der Waals surface area contributed by atoms with Crippen LogP contribution in [-0.2, 0) is 4.74 Å². The second kappa shape index (κ2) is 4.14. The van der Waals surface area contributed by atoms with Crippen LogP contribution in [0, 0.1) is 0 Å². The molecule has 2 aliphatic heterocycles. The van der Waals surface area contributed by atoms with Crippen LogP contribution >= 0.6 is 0 Å². The molecule has 0 aliphatic carbocycles. The van der Waals surface area contributed by atoms with Gasteiger partial charge in [0.05, 0.1) is 19.4 Å². The fraction of sp³-hybridized carbons (Fsp3) is 0.889. The average Bonchev–Trinajstić information content (AvgIpc) is 2.67. The van der Waals surface area contributed by atoms with E-state index in [0.29, 0.717) is 6.54 Å². The lowest BCUT2D eigenvalue weighted by molar-refractivity contribution is -0.0150. The molecular weight excluding hydrogens is 184 g/mol. The van der Waals surface area contributed by atoms with Crippen molar-refractivity contribution >= 4 is 6.09 Å². The standard InChI is InChI=1S/C9H16N2O3/c12-9(13)11-3-1-2-8(11)10-4-6-14-7-5-10/h8H,1-7H2,(H,12,13). The van der Waals surface area contributed by atoms with Crippen LogP contribution in [0.15, 0.2) is 0 Å². The number of nitrogens with zero attached hydrogens (tertiary/aromatic N) is 2. The number of rotatable bonds is 1. The predicted molar refractivity (Wildman–Crippen MR) is 50.1 cm³/mol. The van der Waals surface area contributed by atoms with E-state index in [2.05, 4.69) is 4.90 Å². The smallest absolute Gasteiger partial charge is 0.408 e. The molecule has 1 atom stereocenters. The summed E-state index contributed by atoms with van der Waals surface area (Å²) in [5, 5.41) is 8.98. The molecule has 0 bridgehead atoms. The van der Waals surface area contributed by atoms with Gasteiger partial charge in [-0.1, -0.05) is 0 Å². The Hall–Kier alpha value is -0.810. The van der Waals surface area contributed by atoms with Gasteiger partial charge in [0.15, 0.2) is 0 Å². The minimum absolute atomic E-state index is 0.0939. The lowest BCUT2D eigenvalue weighted by Gasteiger charge is -2.35. The number of carboxylic acid groups (broad SMARTS) is 1. The Bertz CT molecular complexity index is 216. The van der Waals surface area contributed by atoms with Gasteiger partial charge < -0.3 is 9.84 Å². The Morgan fingerprint density at radius 1 is 1.29 bits per heavy atom. The van der Waals surface area contributed by atoms with Crippen molar-refractivity contribution in [1.82, 2.24) is 9.80 Å². The van der Waals surface area contributed by atoms with E-state index in [-0.39, 0.29) is 6.17 Å². The average molecular weight is 200 g/mol. The first-order valence-corrected chi connectivity index (χ1v) is 5.10.